The van der Waals surface area contributed by atoms with E-state index in [1.165, 1.54) is 0 Å². The minimum absolute atomic E-state index is 0.0694. The van der Waals surface area contributed by atoms with Gasteiger partial charge in [-0.3, -0.25) is 0 Å². The van der Waals surface area contributed by atoms with Gasteiger partial charge < -0.3 is 15.1 Å². The van der Waals surface area contributed by atoms with Crippen LogP contribution in [0.25, 0.3) is 0 Å². The minimum atomic E-state index is -0.602. The molecule has 0 fully saturated rings. The van der Waals surface area contributed by atoms with Crippen LogP contribution in [0.4, 0.5) is 0 Å². The quantitative estimate of drug-likeness (QED) is 0.470. The second-order valence-corrected chi connectivity index (χ2v) is 3.30. The van der Waals surface area contributed by atoms with Crippen molar-refractivity contribution in [2.24, 2.45) is 5.41 Å². The Morgan fingerprint density at radius 1 is 1.29 bits per heavy atom. The van der Waals surface area contributed by atoms with Gasteiger partial charge in [-0.05, 0) is 6.42 Å². The first kappa shape index (κ1) is 15.8. The van der Waals surface area contributed by atoms with E-state index in [2.05, 4.69) is 4.89 Å². The number of hydrogen-bond donors (Lipinski definition) is 3. The maximum absolute atomic E-state index is 9.71. The molecule has 0 aromatic heterocycles. The Hall–Kier alpha value is -0.650. The Morgan fingerprint density at radius 3 is 1.71 bits per heavy atom. The molecular formula is C9H20O5. The summed E-state index contributed by atoms with van der Waals surface area (Å²) in [4.78, 5) is 13.0. The molecule has 0 bridgehead atoms. The summed E-state index contributed by atoms with van der Waals surface area (Å²) in [6, 6.07) is 0. The molecule has 0 aliphatic heterocycles. The SMILES string of the molecule is CCC(=O)OO.CCC(C)(CO)CO. The normalized spacial score (nSPS) is 10.1. The van der Waals surface area contributed by atoms with Gasteiger partial charge >= 0.3 is 5.97 Å². The third-order valence-electron chi connectivity index (χ3n) is 2.01. The van der Waals surface area contributed by atoms with Gasteiger partial charge in [-0.15, -0.1) is 0 Å². The minimum Gasteiger partial charge on any atom is -0.396 e. The van der Waals surface area contributed by atoms with Gasteiger partial charge in [-0.2, -0.15) is 5.26 Å². The lowest BCUT2D eigenvalue weighted by atomic mass is 9.90. The number of aliphatic hydroxyl groups excluding tert-OH is 2. The van der Waals surface area contributed by atoms with E-state index in [1.54, 1.807) is 6.92 Å². The lowest BCUT2D eigenvalue weighted by Crippen LogP contribution is -2.24. The fraction of sp³-hybridized carbons (Fsp3) is 0.889. The monoisotopic (exact) mass is 208 g/mol. The first-order valence-electron chi connectivity index (χ1n) is 4.55. The van der Waals surface area contributed by atoms with E-state index in [0.717, 1.165) is 6.42 Å². The van der Waals surface area contributed by atoms with E-state index >= 15 is 0 Å². The van der Waals surface area contributed by atoms with Crippen LogP contribution < -0.4 is 0 Å². The van der Waals surface area contributed by atoms with Crippen LogP contribution in [0.5, 0.6) is 0 Å². The summed E-state index contributed by atoms with van der Waals surface area (Å²) < 4.78 is 0. The maximum atomic E-state index is 9.71. The first-order valence-corrected chi connectivity index (χ1v) is 4.55. The molecule has 5 heteroatoms. The number of rotatable bonds is 4. The van der Waals surface area contributed by atoms with Crippen molar-refractivity contribution in [3.8, 4) is 0 Å². The second-order valence-electron chi connectivity index (χ2n) is 3.30. The molecule has 0 aromatic rings. The van der Waals surface area contributed by atoms with Crippen molar-refractivity contribution in [1.29, 1.82) is 0 Å². The highest BCUT2D eigenvalue weighted by Crippen LogP contribution is 2.17. The van der Waals surface area contributed by atoms with Crippen LogP contribution in [-0.2, 0) is 9.68 Å². The van der Waals surface area contributed by atoms with Crippen LogP contribution in [0, 0.1) is 5.41 Å². The van der Waals surface area contributed by atoms with Gasteiger partial charge in [0.05, 0.1) is 13.2 Å². The maximum Gasteiger partial charge on any atom is 0.341 e. The molecule has 14 heavy (non-hydrogen) atoms. The van der Waals surface area contributed by atoms with Crippen LogP contribution in [-0.4, -0.2) is 34.7 Å². The van der Waals surface area contributed by atoms with Crippen molar-refractivity contribution in [2.45, 2.75) is 33.6 Å². The van der Waals surface area contributed by atoms with E-state index < -0.39 is 5.97 Å². The van der Waals surface area contributed by atoms with E-state index in [0.29, 0.717) is 0 Å². The third kappa shape index (κ3) is 7.97. The summed E-state index contributed by atoms with van der Waals surface area (Å²) in [6.07, 6.45) is 1.04. The second kappa shape index (κ2) is 8.93. The molecular weight excluding hydrogens is 188 g/mol. The molecule has 3 N–H and O–H groups in total. The first-order chi connectivity index (χ1) is 6.49. The van der Waals surface area contributed by atoms with Gasteiger partial charge in [0.15, 0.2) is 0 Å². The Kier molecular flexibility index (Phi) is 10.1. The van der Waals surface area contributed by atoms with E-state index in [4.69, 9.17) is 15.5 Å². The van der Waals surface area contributed by atoms with Crippen molar-refractivity contribution in [3.05, 3.63) is 0 Å². The molecule has 0 aromatic carbocycles. The van der Waals surface area contributed by atoms with Gasteiger partial charge in [0.1, 0.15) is 0 Å². The summed E-state index contributed by atoms with van der Waals surface area (Å²) in [5.41, 5.74) is -0.264. The van der Waals surface area contributed by atoms with Gasteiger partial charge in [0.2, 0.25) is 0 Å². The molecule has 0 spiro atoms. The Bertz CT molecular complexity index is 128. The number of hydrogen-bond acceptors (Lipinski definition) is 5. The van der Waals surface area contributed by atoms with Gasteiger partial charge in [-0.1, -0.05) is 20.8 Å². The van der Waals surface area contributed by atoms with Crippen LogP contribution in [0.15, 0.2) is 0 Å². The third-order valence-corrected chi connectivity index (χ3v) is 2.01. The average molecular weight is 208 g/mol. The predicted octanol–water partition coefficient (Wildman–Crippen LogP) is 0.800. The van der Waals surface area contributed by atoms with Gasteiger partial charge in [0.25, 0.3) is 0 Å². The van der Waals surface area contributed by atoms with Crippen molar-refractivity contribution >= 4 is 5.97 Å². The van der Waals surface area contributed by atoms with Crippen LogP contribution >= 0.6 is 0 Å². The molecule has 0 radical (unpaired) electrons. The fourth-order valence-electron chi connectivity index (χ4n) is 0.338. The summed E-state index contributed by atoms with van der Waals surface area (Å²) >= 11 is 0. The van der Waals surface area contributed by atoms with Crippen molar-refractivity contribution in [3.63, 3.8) is 0 Å². The predicted molar refractivity (Wildman–Crippen MR) is 51.6 cm³/mol. The molecule has 5 nitrogen and oxygen atoms in total. The highest BCUT2D eigenvalue weighted by Gasteiger charge is 2.18. The lowest BCUT2D eigenvalue weighted by molar-refractivity contribution is -0.233. The fourth-order valence-corrected chi connectivity index (χ4v) is 0.338. The number of carbonyl (C=O) groups is 1. The van der Waals surface area contributed by atoms with Crippen molar-refractivity contribution in [2.75, 3.05) is 13.2 Å². The summed E-state index contributed by atoms with van der Waals surface area (Å²) in [6.45, 7) is 5.54. The van der Waals surface area contributed by atoms with Gasteiger partial charge in [-0.25, -0.2) is 4.79 Å². The topological polar surface area (TPSA) is 87.0 Å². The van der Waals surface area contributed by atoms with Crippen LogP contribution in [0.2, 0.25) is 0 Å². The molecule has 0 amide bonds. The Labute approximate surface area is 84.3 Å². The molecule has 0 aliphatic carbocycles. The van der Waals surface area contributed by atoms with Crippen molar-refractivity contribution < 1.29 is 25.2 Å². The summed E-state index contributed by atoms with van der Waals surface area (Å²) in [5, 5.41) is 24.7. The molecule has 0 saturated heterocycles. The smallest absolute Gasteiger partial charge is 0.341 e. The zero-order valence-electron chi connectivity index (χ0n) is 8.99. The van der Waals surface area contributed by atoms with E-state index in [-0.39, 0.29) is 25.0 Å². The number of aliphatic hydroxyl groups is 2. The molecule has 0 heterocycles. The molecule has 0 rings (SSSR count). The van der Waals surface area contributed by atoms with E-state index in [1.807, 2.05) is 13.8 Å². The van der Waals surface area contributed by atoms with E-state index in [9.17, 15) is 4.79 Å². The van der Waals surface area contributed by atoms with Crippen LogP contribution in [0.1, 0.15) is 33.6 Å². The molecule has 0 aliphatic rings. The summed E-state index contributed by atoms with van der Waals surface area (Å²) in [5.74, 6) is -0.602. The standard InChI is InChI=1S/C6H14O2.C3H6O3/c1-3-6(2,4-7)5-8;1-2-3(4)6-5/h7-8H,3-5H2,1-2H3;5H,2H2,1H3. The zero-order valence-corrected chi connectivity index (χ0v) is 8.99. The average Bonchev–Trinajstić information content (AvgIpc) is 2.27. The molecule has 0 unspecified atom stereocenters. The summed E-state index contributed by atoms with van der Waals surface area (Å²) in [7, 11) is 0. The van der Waals surface area contributed by atoms with Crippen LogP contribution in [0.3, 0.4) is 0 Å². The Balaban J connectivity index is 0. The lowest BCUT2D eigenvalue weighted by Gasteiger charge is -2.21. The molecule has 86 valence electrons. The molecule has 0 atom stereocenters. The van der Waals surface area contributed by atoms with Crippen molar-refractivity contribution in [1.82, 2.24) is 0 Å². The number of carbonyl (C=O) groups excluding carboxylic acids is 1. The zero-order chi connectivity index (χ0) is 11.6. The molecule has 0 saturated carbocycles. The van der Waals surface area contributed by atoms with Gasteiger partial charge in [0, 0.05) is 11.8 Å². The largest absolute Gasteiger partial charge is 0.396 e. The Morgan fingerprint density at radius 2 is 1.71 bits per heavy atom. The highest BCUT2D eigenvalue weighted by molar-refractivity contribution is 5.67. The highest BCUT2D eigenvalue weighted by atomic mass is 17.1.